The molecule has 5 rings (SSSR count). The third kappa shape index (κ3) is 4.39. The Kier molecular flexibility index (Phi) is 5.93. The first-order valence-electron chi connectivity index (χ1n) is 10.2. The zero-order valence-electron chi connectivity index (χ0n) is 17.2. The highest BCUT2D eigenvalue weighted by atomic mass is 32.2. The Hall–Kier alpha value is -3.50. The topological polar surface area (TPSA) is 111 Å². The van der Waals surface area contributed by atoms with E-state index in [2.05, 4.69) is 15.3 Å². The van der Waals surface area contributed by atoms with Crippen LogP contribution >= 0.6 is 23.1 Å². The summed E-state index contributed by atoms with van der Waals surface area (Å²) < 4.78 is 10.1. The lowest BCUT2D eigenvalue weighted by atomic mass is 10.2. The molecule has 2 amide bonds. The standard InChI is InChI=1S/C23H17N3O5S2/c27-18(26-20(28)15-7-4-10-30-15)11-31-23(29)14-5-1-2-8-17(14)33-22-19-13-6-3-9-16(13)32-21(19)24-12-25-22/h1-2,4-5,7-8,10,12H,3,6,9,11H2,(H,26,27,28). The lowest BCUT2D eigenvalue weighted by Crippen LogP contribution is -2.34. The molecule has 0 atom stereocenters. The highest BCUT2D eigenvalue weighted by Crippen LogP contribution is 2.42. The monoisotopic (exact) mass is 479 g/mol. The van der Waals surface area contributed by atoms with Crippen molar-refractivity contribution in [1.82, 2.24) is 15.3 Å². The number of benzene rings is 1. The van der Waals surface area contributed by atoms with Crippen LogP contribution < -0.4 is 5.32 Å². The van der Waals surface area contributed by atoms with Gasteiger partial charge in [0.25, 0.3) is 11.8 Å². The predicted octanol–water partition coefficient (Wildman–Crippen LogP) is 4.04. The Balaban J connectivity index is 1.30. The summed E-state index contributed by atoms with van der Waals surface area (Å²) in [6.07, 6.45) is 6.06. The summed E-state index contributed by atoms with van der Waals surface area (Å²) in [6, 6.07) is 9.94. The lowest BCUT2D eigenvalue weighted by molar-refractivity contribution is -0.123. The van der Waals surface area contributed by atoms with Crippen molar-refractivity contribution >= 4 is 51.1 Å². The van der Waals surface area contributed by atoms with E-state index in [0.29, 0.717) is 10.5 Å². The highest BCUT2D eigenvalue weighted by Gasteiger charge is 2.23. The molecule has 8 nitrogen and oxygen atoms in total. The first kappa shape index (κ1) is 21.4. The van der Waals surface area contributed by atoms with E-state index in [1.807, 2.05) is 12.1 Å². The van der Waals surface area contributed by atoms with E-state index in [4.69, 9.17) is 9.15 Å². The van der Waals surface area contributed by atoms with Crippen LogP contribution in [-0.4, -0.2) is 34.4 Å². The summed E-state index contributed by atoms with van der Waals surface area (Å²) in [5.41, 5.74) is 1.61. The van der Waals surface area contributed by atoms with Gasteiger partial charge in [0, 0.05) is 15.2 Å². The fourth-order valence-corrected chi connectivity index (χ4v) is 5.98. The van der Waals surface area contributed by atoms with Gasteiger partial charge in [-0.25, -0.2) is 14.8 Å². The van der Waals surface area contributed by atoms with Gasteiger partial charge in [-0.3, -0.25) is 14.9 Å². The molecule has 0 bridgehead atoms. The van der Waals surface area contributed by atoms with Crippen LogP contribution in [0.5, 0.6) is 0 Å². The fourth-order valence-electron chi connectivity index (χ4n) is 3.65. The zero-order chi connectivity index (χ0) is 22.8. The molecule has 1 aliphatic carbocycles. The second-order valence-electron chi connectivity index (χ2n) is 7.25. The molecule has 1 aromatic carbocycles. The van der Waals surface area contributed by atoms with Crippen LogP contribution in [0.2, 0.25) is 0 Å². The van der Waals surface area contributed by atoms with Gasteiger partial charge >= 0.3 is 5.97 Å². The van der Waals surface area contributed by atoms with E-state index in [-0.39, 0.29) is 5.76 Å². The molecule has 0 unspecified atom stereocenters. The van der Waals surface area contributed by atoms with Crippen molar-refractivity contribution in [2.45, 2.75) is 29.2 Å². The summed E-state index contributed by atoms with van der Waals surface area (Å²) in [5.74, 6) is -2.12. The number of nitrogens with one attached hydrogen (secondary N) is 1. The van der Waals surface area contributed by atoms with E-state index in [0.717, 1.165) is 34.5 Å². The summed E-state index contributed by atoms with van der Waals surface area (Å²) in [4.78, 5) is 48.5. The van der Waals surface area contributed by atoms with Crippen molar-refractivity contribution in [3.8, 4) is 0 Å². The summed E-state index contributed by atoms with van der Waals surface area (Å²) >= 11 is 3.08. The van der Waals surface area contributed by atoms with Gasteiger partial charge < -0.3 is 9.15 Å². The molecule has 1 aliphatic rings. The third-order valence-electron chi connectivity index (χ3n) is 5.11. The molecule has 0 aliphatic heterocycles. The largest absolute Gasteiger partial charge is 0.459 e. The van der Waals surface area contributed by atoms with Crippen molar-refractivity contribution in [1.29, 1.82) is 0 Å². The van der Waals surface area contributed by atoms with Gasteiger partial charge in [-0.2, -0.15) is 0 Å². The second kappa shape index (κ2) is 9.16. The van der Waals surface area contributed by atoms with Crippen molar-refractivity contribution < 1.29 is 23.5 Å². The van der Waals surface area contributed by atoms with Crippen molar-refractivity contribution in [3.63, 3.8) is 0 Å². The molecule has 3 heterocycles. The number of aromatic nitrogens is 2. The number of carbonyl (C=O) groups excluding carboxylic acids is 3. The number of esters is 1. The predicted molar refractivity (Wildman–Crippen MR) is 121 cm³/mol. The number of hydrogen-bond donors (Lipinski definition) is 1. The number of imide groups is 1. The smallest absolute Gasteiger partial charge is 0.339 e. The van der Waals surface area contributed by atoms with E-state index >= 15 is 0 Å². The molecule has 1 N–H and O–H groups in total. The molecule has 4 aromatic rings. The quantitative estimate of drug-likeness (QED) is 0.326. The molecule has 0 spiro atoms. The highest BCUT2D eigenvalue weighted by molar-refractivity contribution is 7.99. The van der Waals surface area contributed by atoms with Crippen LogP contribution in [0.15, 0.2) is 63.3 Å². The van der Waals surface area contributed by atoms with Crippen molar-refractivity contribution in [3.05, 3.63) is 70.8 Å². The van der Waals surface area contributed by atoms with Crippen LogP contribution in [0.1, 0.15) is 37.8 Å². The van der Waals surface area contributed by atoms with E-state index in [1.54, 1.807) is 23.5 Å². The minimum Gasteiger partial charge on any atom is -0.459 e. The molecular weight excluding hydrogens is 462 g/mol. The van der Waals surface area contributed by atoms with Crippen molar-refractivity contribution in [2.75, 3.05) is 6.61 Å². The van der Waals surface area contributed by atoms with Gasteiger partial charge in [0.05, 0.1) is 11.8 Å². The SMILES string of the molecule is O=C(COC(=O)c1ccccc1Sc1ncnc2sc3c(c12)CCC3)NC(=O)c1ccco1. The molecule has 0 saturated heterocycles. The van der Waals surface area contributed by atoms with E-state index < -0.39 is 24.4 Å². The van der Waals surface area contributed by atoms with Gasteiger partial charge in [-0.1, -0.05) is 23.9 Å². The number of carbonyl (C=O) groups is 3. The average molecular weight is 480 g/mol. The van der Waals surface area contributed by atoms with E-state index in [1.165, 1.54) is 46.9 Å². The summed E-state index contributed by atoms with van der Waals surface area (Å²) in [6.45, 7) is -0.597. The van der Waals surface area contributed by atoms with Gasteiger partial charge in [0.2, 0.25) is 0 Å². The molecule has 166 valence electrons. The number of ether oxygens (including phenoxy) is 1. The number of fused-ring (bicyclic) bond motifs is 3. The number of furan rings is 1. The number of nitrogens with zero attached hydrogens (tertiary/aromatic N) is 2. The molecule has 10 heteroatoms. The molecular formula is C23H17N3O5S2. The van der Waals surface area contributed by atoms with Gasteiger partial charge in [-0.15, -0.1) is 11.3 Å². The zero-order valence-corrected chi connectivity index (χ0v) is 18.8. The van der Waals surface area contributed by atoms with Gasteiger partial charge in [0.15, 0.2) is 12.4 Å². The molecule has 0 radical (unpaired) electrons. The fraction of sp³-hybridized carbons (Fsp3) is 0.174. The van der Waals surface area contributed by atoms with Gasteiger partial charge in [-0.05, 0) is 49.1 Å². The maximum atomic E-state index is 12.7. The molecule has 0 fully saturated rings. The molecule has 3 aromatic heterocycles. The molecule has 33 heavy (non-hydrogen) atoms. The number of aryl methyl sites for hydroxylation is 2. The normalized spacial score (nSPS) is 12.5. The number of hydrogen-bond acceptors (Lipinski definition) is 9. The number of rotatable bonds is 6. The first-order chi connectivity index (χ1) is 16.1. The minimum atomic E-state index is -0.749. The van der Waals surface area contributed by atoms with Gasteiger partial charge in [0.1, 0.15) is 16.2 Å². The summed E-state index contributed by atoms with van der Waals surface area (Å²) in [7, 11) is 0. The maximum absolute atomic E-state index is 12.7. The average Bonchev–Trinajstić information content (AvgIpc) is 3.55. The third-order valence-corrected chi connectivity index (χ3v) is 7.39. The molecule has 0 saturated carbocycles. The second-order valence-corrected chi connectivity index (χ2v) is 9.36. The Morgan fingerprint density at radius 2 is 2.00 bits per heavy atom. The Bertz CT molecular complexity index is 1360. The van der Waals surface area contributed by atoms with Crippen LogP contribution in [0, 0.1) is 0 Å². The van der Waals surface area contributed by atoms with Crippen LogP contribution in [0.3, 0.4) is 0 Å². The maximum Gasteiger partial charge on any atom is 0.339 e. The van der Waals surface area contributed by atoms with Crippen LogP contribution in [0.25, 0.3) is 10.2 Å². The van der Waals surface area contributed by atoms with Crippen molar-refractivity contribution in [2.24, 2.45) is 0 Å². The van der Waals surface area contributed by atoms with Crippen LogP contribution in [0.4, 0.5) is 0 Å². The van der Waals surface area contributed by atoms with E-state index in [9.17, 15) is 14.4 Å². The number of thiophene rings is 1. The first-order valence-corrected chi connectivity index (χ1v) is 11.8. The minimum absolute atomic E-state index is 0.00694. The Labute approximate surface area is 196 Å². The van der Waals surface area contributed by atoms with Crippen LogP contribution in [-0.2, 0) is 22.4 Å². The summed E-state index contributed by atoms with van der Waals surface area (Å²) in [5, 5.41) is 3.96. The Morgan fingerprint density at radius 1 is 1.12 bits per heavy atom. The Morgan fingerprint density at radius 3 is 2.85 bits per heavy atom. The number of amides is 2. The lowest BCUT2D eigenvalue weighted by Gasteiger charge is -2.10.